The van der Waals surface area contributed by atoms with Gasteiger partial charge in [-0.1, -0.05) is 42.2 Å². The molecule has 0 aliphatic carbocycles. The number of benzene rings is 2. The fourth-order valence-electron chi connectivity index (χ4n) is 1.56. The van der Waals surface area contributed by atoms with E-state index in [0.29, 0.717) is 5.56 Å². The summed E-state index contributed by atoms with van der Waals surface area (Å²) in [7, 11) is 0. The average molecular weight is 253 g/mol. The Balaban J connectivity index is 2.21. The number of hydrogen-bond donors (Lipinski definition) is 1. The molecule has 1 N–H and O–H groups in total. The van der Waals surface area contributed by atoms with Crippen LogP contribution >= 0.6 is 0 Å². The van der Waals surface area contributed by atoms with Crippen molar-refractivity contribution in [3.05, 3.63) is 75.8 Å². The molecule has 2 aromatic rings. The van der Waals surface area contributed by atoms with Crippen LogP contribution in [-0.2, 0) is 0 Å². The van der Waals surface area contributed by atoms with Crippen LogP contribution in [0.2, 0.25) is 0 Å². The number of nitro benzene ring substituents is 1. The van der Waals surface area contributed by atoms with Crippen LogP contribution in [0, 0.1) is 22.0 Å². The van der Waals surface area contributed by atoms with Crippen LogP contribution in [0.4, 0.5) is 5.69 Å². The van der Waals surface area contributed by atoms with Crippen molar-refractivity contribution in [3.8, 4) is 11.8 Å². The van der Waals surface area contributed by atoms with Gasteiger partial charge in [0.1, 0.15) is 6.10 Å². The van der Waals surface area contributed by atoms with Gasteiger partial charge in [-0.15, -0.1) is 0 Å². The molecule has 0 spiro atoms. The van der Waals surface area contributed by atoms with Crippen molar-refractivity contribution < 1.29 is 10.0 Å². The van der Waals surface area contributed by atoms with Gasteiger partial charge in [-0.2, -0.15) is 0 Å². The summed E-state index contributed by atoms with van der Waals surface area (Å²) in [5.41, 5.74) is 1.14. The maximum absolute atomic E-state index is 10.6. The van der Waals surface area contributed by atoms with Crippen molar-refractivity contribution >= 4 is 5.69 Å². The third-order valence-corrected chi connectivity index (χ3v) is 2.52. The average Bonchev–Trinajstić information content (AvgIpc) is 2.46. The van der Waals surface area contributed by atoms with Gasteiger partial charge in [0.05, 0.1) is 4.92 Å². The SMILES string of the molecule is O=[N+]([O-])c1cccc([C@H](O)C#Cc2ccccc2)c1. The molecule has 0 aliphatic heterocycles. The van der Waals surface area contributed by atoms with Crippen LogP contribution in [0.1, 0.15) is 17.2 Å². The molecule has 0 unspecified atom stereocenters. The first-order valence-corrected chi connectivity index (χ1v) is 5.66. The van der Waals surface area contributed by atoms with E-state index < -0.39 is 11.0 Å². The number of hydrogen-bond acceptors (Lipinski definition) is 3. The summed E-state index contributed by atoms with van der Waals surface area (Å²) in [6, 6.07) is 15.1. The number of nitro groups is 1. The lowest BCUT2D eigenvalue weighted by atomic mass is 10.1. The van der Waals surface area contributed by atoms with Crippen molar-refractivity contribution in [1.29, 1.82) is 0 Å². The Morgan fingerprint density at radius 1 is 1.11 bits per heavy atom. The second-order valence-corrected chi connectivity index (χ2v) is 3.89. The third-order valence-electron chi connectivity index (χ3n) is 2.52. The highest BCUT2D eigenvalue weighted by Gasteiger charge is 2.09. The van der Waals surface area contributed by atoms with Gasteiger partial charge in [-0.25, -0.2) is 0 Å². The molecule has 0 radical (unpaired) electrons. The molecule has 0 saturated carbocycles. The zero-order valence-electron chi connectivity index (χ0n) is 9.98. The van der Waals surface area contributed by atoms with Crippen LogP contribution in [0.25, 0.3) is 0 Å². The molecule has 1 atom stereocenters. The van der Waals surface area contributed by atoms with Crippen LogP contribution in [0.3, 0.4) is 0 Å². The van der Waals surface area contributed by atoms with Gasteiger partial charge in [-0.3, -0.25) is 10.1 Å². The van der Waals surface area contributed by atoms with E-state index in [9.17, 15) is 15.2 Å². The Labute approximate surface area is 110 Å². The predicted octanol–water partition coefficient (Wildman–Crippen LogP) is 2.68. The molecule has 0 aromatic heterocycles. The quantitative estimate of drug-likeness (QED) is 0.508. The van der Waals surface area contributed by atoms with Crippen LogP contribution < -0.4 is 0 Å². The van der Waals surface area contributed by atoms with Gasteiger partial charge in [0.15, 0.2) is 0 Å². The van der Waals surface area contributed by atoms with Crippen molar-refractivity contribution in [3.63, 3.8) is 0 Å². The fourth-order valence-corrected chi connectivity index (χ4v) is 1.56. The number of aliphatic hydroxyl groups is 1. The molecule has 0 fully saturated rings. The van der Waals surface area contributed by atoms with Crippen LogP contribution in [-0.4, -0.2) is 10.0 Å². The topological polar surface area (TPSA) is 63.4 Å². The first-order chi connectivity index (χ1) is 9.16. The molecule has 0 saturated heterocycles. The third kappa shape index (κ3) is 3.41. The van der Waals surface area contributed by atoms with E-state index in [4.69, 9.17) is 0 Å². The lowest BCUT2D eigenvalue weighted by Crippen LogP contribution is -1.96. The summed E-state index contributed by atoms with van der Waals surface area (Å²) >= 11 is 0. The van der Waals surface area contributed by atoms with Gasteiger partial charge in [-0.05, 0) is 17.7 Å². The summed E-state index contributed by atoms with van der Waals surface area (Å²) in [5.74, 6) is 5.49. The second kappa shape index (κ2) is 5.80. The maximum Gasteiger partial charge on any atom is 0.269 e. The molecule has 2 aromatic carbocycles. The summed E-state index contributed by atoms with van der Waals surface area (Å²) in [4.78, 5) is 10.1. The molecule has 4 heteroatoms. The fraction of sp³-hybridized carbons (Fsp3) is 0.0667. The van der Waals surface area contributed by atoms with Gasteiger partial charge >= 0.3 is 0 Å². The Kier molecular flexibility index (Phi) is 3.91. The van der Waals surface area contributed by atoms with Gasteiger partial charge < -0.3 is 5.11 Å². The summed E-state index contributed by atoms with van der Waals surface area (Å²) < 4.78 is 0. The van der Waals surface area contributed by atoms with E-state index >= 15 is 0 Å². The predicted molar refractivity (Wildman–Crippen MR) is 71.4 cm³/mol. The molecule has 0 bridgehead atoms. The van der Waals surface area contributed by atoms with Crippen molar-refractivity contribution in [2.24, 2.45) is 0 Å². The highest BCUT2D eigenvalue weighted by molar-refractivity contribution is 5.40. The van der Waals surface area contributed by atoms with E-state index in [2.05, 4.69) is 11.8 Å². The van der Waals surface area contributed by atoms with Crippen LogP contribution in [0.5, 0.6) is 0 Å². The molecular formula is C15H11NO3. The summed E-state index contributed by atoms with van der Waals surface area (Å²) in [6.45, 7) is 0. The number of nitrogens with zero attached hydrogens (tertiary/aromatic N) is 1. The van der Waals surface area contributed by atoms with Crippen molar-refractivity contribution in [2.45, 2.75) is 6.10 Å². The normalized spacial score (nSPS) is 11.2. The first-order valence-electron chi connectivity index (χ1n) is 5.66. The number of non-ortho nitro benzene ring substituents is 1. The van der Waals surface area contributed by atoms with Crippen LogP contribution in [0.15, 0.2) is 54.6 Å². The van der Waals surface area contributed by atoms with Gasteiger partial charge in [0, 0.05) is 17.7 Å². The largest absolute Gasteiger partial charge is 0.376 e. The molecule has 94 valence electrons. The molecule has 2 rings (SSSR count). The summed E-state index contributed by atoms with van der Waals surface area (Å²) in [6.07, 6.45) is -1.04. The smallest absolute Gasteiger partial charge is 0.269 e. The Morgan fingerprint density at radius 2 is 1.84 bits per heavy atom. The van der Waals surface area contributed by atoms with Gasteiger partial charge in [0.25, 0.3) is 5.69 Å². The highest BCUT2D eigenvalue weighted by Crippen LogP contribution is 2.18. The Bertz CT molecular complexity index is 641. The molecular weight excluding hydrogens is 242 g/mol. The minimum absolute atomic E-state index is 0.0574. The Morgan fingerprint density at radius 3 is 2.53 bits per heavy atom. The van der Waals surface area contributed by atoms with E-state index in [0.717, 1.165) is 5.56 Å². The molecule has 0 amide bonds. The number of rotatable bonds is 2. The van der Waals surface area contributed by atoms with Gasteiger partial charge in [0.2, 0.25) is 0 Å². The number of aliphatic hydroxyl groups excluding tert-OH is 1. The highest BCUT2D eigenvalue weighted by atomic mass is 16.6. The van der Waals surface area contributed by atoms with E-state index in [-0.39, 0.29) is 5.69 Å². The molecule has 19 heavy (non-hydrogen) atoms. The van der Waals surface area contributed by atoms with Crippen molar-refractivity contribution in [1.82, 2.24) is 0 Å². The lowest BCUT2D eigenvalue weighted by Gasteiger charge is -2.02. The zero-order valence-corrected chi connectivity index (χ0v) is 9.98. The van der Waals surface area contributed by atoms with Crippen molar-refractivity contribution in [2.75, 3.05) is 0 Å². The maximum atomic E-state index is 10.6. The van der Waals surface area contributed by atoms with E-state index in [1.807, 2.05) is 30.3 Å². The monoisotopic (exact) mass is 253 g/mol. The minimum atomic E-state index is -1.04. The second-order valence-electron chi connectivity index (χ2n) is 3.89. The summed E-state index contributed by atoms with van der Waals surface area (Å²) in [5, 5.41) is 20.5. The molecule has 0 heterocycles. The molecule has 0 aliphatic rings. The first kappa shape index (κ1) is 12.8. The zero-order chi connectivity index (χ0) is 13.7. The Hall–Kier alpha value is -2.64. The van der Waals surface area contributed by atoms with E-state index in [1.54, 1.807) is 6.07 Å². The van der Waals surface area contributed by atoms with E-state index in [1.165, 1.54) is 18.2 Å². The standard InChI is InChI=1S/C15H11NO3/c17-15(10-9-12-5-2-1-3-6-12)13-7-4-8-14(11-13)16(18)19/h1-8,11,15,17H/t15-/m1/s1. The lowest BCUT2D eigenvalue weighted by molar-refractivity contribution is -0.385. The molecule has 4 nitrogen and oxygen atoms in total. The minimum Gasteiger partial charge on any atom is -0.376 e.